The van der Waals surface area contributed by atoms with Crippen LogP contribution in [0.2, 0.25) is 0 Å². The predicted octanol–water partition coefficient (Wildman–Crippen LogP) is 0.915. The molecule has 0 aromatic heterocycles. The number of non-ortho nitro benzene ring substituents is 1. The average molecular weight is 212 g/mol. The molecule has 0 amide bonds. The van der Waals surface area contributed by atoms with E-state index in [0.717, 1.165) is 6.07 Å². The van der Waals surface area contributed by atoms with Crippen molar-refractivity contribution in [1.82, 2.24) is 0 Å². The Morgan fingerprint density at radius 1 is 1.47 bits per heavy atom. The number of hydrogen-bond donors (Lipinski definition) is 1. The Morgan fingerprint density at radius 2 is 2.13 bits per heavy atom. The van der Waals surface area contributed by atoms with Crippen molar-refractivity contribution in [2.24, 2.45) is 0 Å². The Labute approximate surface area is 84.9 Å². The fourth-order valence-electron chi connectivity index (χ4n) is 1.51. The van der Waals surface area contributed by atoms with Gasteiger partial charge in [0.25, 0.3) is 5.69 Å². The number of aliphatic hydroxyl groups excluding tert-OH is 1. The lowest BCUT2D eigenvalue weighted by molar-refractivity contribution is -0.385. The third-order valence-corrected chi connectivity index (χ3v) is 2.31. The fraction of sp³-hybridized carbons (Fsp3) is 0.333. The van der Waals surface area contributed by atoms with Crippen LogP contribution in [0.25, 0.3) is 0 Å². The fourth-order valence-corrected chi connectivity index (χ4v) is 1.51. The first-order chi connectivity index (χ1) is 7.06. The second-order valence-corrected chi connectivity index (χ2v) is 3.48. The van der Waals surface area contributed by atoms with E-state index in [1.54, 1.807) is 4.90 Å². The maximum atomic E-state index is 13.0. The summed E-state index contributed by atoms with van der Waals surface area (Å²) in [6, 6.07) is 3.40. The number of nitro benzene ring substituents is 1. The van der Waals surface area contributed by atoms with Crippen LogP contribution in [0.3, 0.4) is 0 Å². The Balaban J connectivity index is 2.28. The normalized spacial score (nSPS) is 16.3. The molecule has 1 saturated heterocycles. The van der Waals surface area contributed by atoms with Crippen molar-refractivity contribution in [3.63, 3.8) is 0 Å². The molecule has 6 heteroatoms. The maximum Gasteiger partial charge on any atom is 0.274 e. The number of hydrogen-bond acceptors (Lipinski definition) is 4. The van der Waals surface area contributed by atoms with E-state index in [4.69, 9.17) is 5.11 Å². The summed E-state index contributed by atoms with van der Waals surface area (Å²) in [6.45, 7) is 0.779. The van der Waals surface area contributed by atoms with E-state index in [-0.39, 0.29) is 5.69 Å². The summed E-state index contributed by atoms with van der Waals surface area (Å²) in [7, 11) is 0. The van der Waals surface area contributed by atoms with Gasteiger partial charge < -0.3 is 10.0 Å². The summed E-state index contributed by atoms with van der Waals surface area (Å²) < 4.78 is 13.0. The Bertz CT molecular complexity index is 404. The molecule has 1 aliphatic heterocycles. The SMILES string of the molecule is O=[N+]([O-])c1cc(F)cc(N2CC(O)C2)c1. The first-order valence-electron chi connectivity index (χ1n) is 4.44. The van der Waals surface area contributed by atoms with Gasteiger partial charge >= 0.3 is 0 Å². The Morgan fingerprint density at radius 3 is 2.67 bits per heavy atom. The van der Waals surface area contributed by atoms with Crippen molar-refractivity contribution in [2.45, 2.75) is 6.10 Å². The summed E-state index contributed by atoms with van der Waals surface area (Å²) in [6.07, 6.45) is -0.424. The molecule has 1 N–H and O–H groups in total. The number of β-amino-alcohol motifs (C(OH)–C–C–N with tert-alkyl or cyclic N) is 1. The lowest BCUT2D eigenvalue weighted by atomic mass is 10.1. The molecule has 0 unspecified atom stereocenters. The molecule has 0 radical (unpaired) electrons. The topological polar surface area (TPSA) is 66.6 Å². The van der Waals surface area contributed by atoms with Gasteiger partial charge in [-0.05, 0) is 6.07 Å². The van der Waals surface area contributed by atoms with Gasteiger partial charge in [-0.2, -0.15) is 0 Å². The number of nitro groups is 1. The van der Waals surface area contributed by atoms with E-state index < -0.39 is 16.8 Å². The first kappa shape index (κ1) is 9.85. The van der Waals surface area contributed by atoms with E-state index in [1.165, 1.54) is 12.1 Å². The predicted molar refractivity (Wildman–Crippen MR) is 51.3 cm³/mol. The van der Waals surface area contributed by atoms with E-state index >= 15 is 0 Å². The standard InChI is InChI=1S/C9H9FN2O3/c10-6-1-7(11-4-9(13)5-11)3-8(2-6)12(14)15/h1-3,9,13H,4-5H2. The van der Waals surface area contributed by atoms with Crippen LogP contribution in [0.15, 0.2) is 18.2 Å². The number of halogens is 1. The molecule has 1 aromatic carbocycles. The molecule has 5 nitrogen and oxygen atoms in total. The molecule has 1 aliphatic rings. The van der Waals surface area contributed by atoms with Crippen LogP contribution < -0.4 is 4.90 Å². The highest BCUT2D eigenvalue weighted by atomic mass is 19.1. The van der Waals surface area contributed by atoms with Crippen LogP contribution in [-0.2, 0) is 0 Å². The monoisotopic (exact) mass is 212 g/mol. The van der Waals surface area contributed by atoms with Crippen LogP contribution in [0.4, 0.5) is 15.8 Å². The Hall–Kier alpha value is -1.69. The second-order valence-electron chi connectivity index (χ2n) is 3.48. The number of rotatable bonds is 2. The molecule has 1 heterocycles. The highest BCUT2D eigenvalue weighted by Gasteiger charge is 2.26. The van der Waals surface area contributed by atoms with Crippen molar-refractivity contribution in [3.05, 3.63) is 34.1 Å². The van der Waals surface area contributed by atoms with Crippen molar-refractivity contribution in [1.29, 1.82) is 0 Å². The molecule has 80 valence electrons. The van der Waals surface area contributed by atoms with Gasteiger partial charge in [-0.15, -0.1) is 0 Å². The van der Waals surface area contributed by atoms with Crippen LogP contribution in [0, 0.1) is 15.9 Å². The van der Waals surface area contributed by atoms with Gasteiger partial charge in [-0.25, -0.2) is 4.39 Å². The molecular formula is C9H9FN2O3. The molecule has 0 aliphatic carbocycles. The van der Waals surface area contributed by atoms with Crippen molar-refractivity contribution < 1.29 is 14.4 Å². The smallest absolute Gasteiger partial charge is 0.274 e. The third-order valence-electron chi connectivity index (χ3n) is 2.31. The first-order valence-corrected chi connectivity index (χ1v) is 4.44. The average Bonchev–Trinajstić information content (AvgIpc) is 2.12. The van der Waals surface area contributed by atoms with Gasteiger partial charge in [-0.3, -0.25) is 10.1 Å². The molecular weight excluding hydrogens is 203 g/mol. The lowest BCUT2D eigenvalue weighted by Gasteiger charge is -2.37. The van der Waals surface area contributed by atoms with E-state index in [9.17, 15) is 14.5 Å². The minimum Gasteiger partial charge on any atom is -0.389 e. The highest BCUT2D eigenvalue weighted by Crippen LogP contribution is 2.26. The minimum atomic E-state index is -0.638. The van der Waals surface area contributed by atoms with Crippen molar-refractivity contribution >= 4 is 11.4 Å². The van der Waals surface area contributed by atoms with Crippen LogP contribution in [0.5, 0.6) is 0 Å². The number of nitrogens with zero attached hydrogens (tertiary/aromatic N) is 2. The minimum absolute atomic E-state index is 0.272. The third kappa shape index (κ3) is 1.89. The summed E-state index contributed by atoms with van der Waals surface area (Å²) in [4.78, 5) is 11.5. The Kier molecular flexibility index (Phi) is 2.28. The van der Waals surface area contributed by atoms with Crippen molar-refractivity contribution in [3.8, 4) is 0 Å². The van der Waals surface area contributed by atoms with E-state index in [0.29, 0.717) is 18.8 Å². The zero-order valence-corrected chi connectivity index (χ0v) is 7.76. The van der Waals surface area contributed by atoms with Gasteiger partial charge in [-0.1, -0.05) is 0 Å². The van der Waals surface area contributed by atoms with Gasteiger partial charge in [0.05, 0.1) is 17.1 Å². The van der Waals surface area contributed by atoms with E-state index in [1.807, 2.05) is 0 Å². The summed E-state index contributed by atoms with van der Waals surface area (Å²) in [5, 5.41) is 19.5. The van der Waals surface area contributed by atoms with Crippen molar-refractivity contribution in [2.75, 3.05) is 18.0 Å². The summed E-state index contributed by atoms with van der Waals surface area (Å²) in [5.74, 6) is -0.638. The number of benzene rings is 1. The summed E-state index contributed by atoms with van der Waals surface area (Å²) >= 11 is 0. The maximum absolute atomic E-state index is 13.0. The van der Waals surface area contributed by atoms with Crippen LogP contribution in [-0.4, -0.2) is 29.2 Å². The molecule has 0 spiro atoms. The molecule has 0 bridgehead atoms. The molecule has 0 atom stereocenters. The quantitative estimate of drug-likeness (QED) is 0.584. The zero-order valence-electron chi connectivity index (χ0n) is 7.76. The van der Waals surface area contributed by atoms with E-state index in [2.05, 4.69) is 0 Å². The lowest BCUT2D eigenvalue weighted by Crippen LogP contribution is -2.50. The number of aliphatic hydroxyl groups is 1. The largest absolute Gasteiger partial charge is 0.389 e. The molecule has 2 rings (SSSR count). The molecule has 0 saturated carbocycles. The number of anilines is 1. The van der Waals surface area contributed by atoms with Gasteiger partial charge in [0.2, 0.25) is 0 Å². The molecule has 1 fully saturated rings. The van der Waals surface area contributed by atoms with Crippen LogP contribution >= 0.6 is 0 Å². The zero-order chi connectivity index (χ0) is 11.0. The van der Waals surface area contributed by atoms with Gasteiger partial charge in [0.15, 0.2) is 0 Å². The van der Waals surface area contributed by atoms with Gasteiger partial charge in [0.1, 0.15) is 5.82 Å². The highest BCUT2D eigenvalue weighted by molar-refractivity contribution is 5.55. The van der Waals surface area contributed by atoms with Gasteiger partial charge in [0, 0.05) is 24.8 Å². The second kappa shape index (κ2) is 3.47. The molecule has 1 aromatic rings. The molecule has 15 heavy (non-hydrogen) atoms. The van der Waals surface area contributed by atoms with Crippen LogP contribution in [0.1, 0.15) is 0 Å². The summed E-state index contributed by atoms with van der Waals surface area (Å²) in [5.41, 5.74) is 0.165.